The highest BCUT2D eigenvalue weighted by molar-refractivity contribution is 5.70. The number of aryl methyl sites for hydroxylation is 1. The molecule has 0 nitrogen and oxygen atoms in total. The minimum atomic E-state index is 1.11. The van der Waals surface area contributed by atoms with Gasteiger partial charge in [-0.25, -0.2) is 0 Å². The SMILES string of the molecule is C=Cc1c(C)ccc(C(=C)C)c1C. The molecule has 1 aromatic carbocycles. The van der Waals surface area contributed by atoms with E-state index in [0.717, 1.165) is 5.57 Å². The van der Waals surface area contributed by atoms with E-state index in [1.807, 2.05) is 13.0 Å². The molecule has 13 heavy (non-hydrogen) atoms. The normalized spacial score (nSPS) is 9.77. The van der Waals surface area contributed by atoms with Crippen LogP contribution in [0.1, 0.15) is 29.2 Å². The van der Waals surface area contributed by atoms with Crippen molar-refractivity contribution in [1.82, 2.24) is 0 Å². The maximum Gasteiger partial charge on any atom is -0.0198 e. The maximum absolute atomic E-state index is 3.96. The van der Waals surface area contributed by atoms with Gasteiger partial charge in [0.2, 0.25) is 0 Å². The molecule has 0 heterocycles. The average Bonchev–Trinajstić information content (AvgIpc) is 2.04. The van der Waals surface area contributed by atoms with Gasteiger partial charge < -0.3 is 0 Å². The van der Waals surface area contributed by atoms with Crippen LogP contribution in [-0.2, 0) is 0 Å². The van der Waals surface area contributed by atoms with Gasteiger partial charge in [0.05, 0.1) is 0 Å². The predicted octanol–water partition coefficient (Wildman–Crippen LogP) is 3.98. The molecule has 0 bridgehead atoms. The first-order valence-corrected chi connectivity index (χ1v) is 4.46. The largest absolute Gasteiger partial charge is 0.0984 e. The summed E-state index contributed by atoms with van der Waals surface area (Å²) in [6.07, 6.45) is 1.91. The quantitative estimate of drug-likeness (QED) is 0.633. The fourth-order valence-corrected chi connectivity index (χ4v) is 1.64. The van der Waals surface area contributed by atoms with E-state index in [9.17, 15) is 0 Å². The van der Waals surface area contributed by atoms with Crippen molar-refractivity contribution < 1.29 is 0 Å². The van der Waals surface area contributed by atoms with Crippen LogP contribution in [0.5, 0.6) is 0 Å². The van der Waals surface area contributed by atoms with E-state index >= 15 is 0 Å². The van der Waals surface area contributed by atoms with Gasteiger partial charge in [-0.3, -0.25) is 0 Å². The zero-order chi connectivity index (χ0) is 10.0. The maximum atomic E-state index is 3.96. The Balaban J connectivity index is 3.44. The number of rotatable bonds is 2. The van der Waals surface area contributed by atoms with Gasteiger partial charge in [0.25, 0.3) is 0 Å². The molecule has 0 heteroatoms. The first-order valence-electron chi connectivity index (χ1n) is 4.46. The van der Waals surface area contributed by atoms with Gasteiger partial charge >= 0.3 is 0 Å². The summed E-state index contributed by atoms with van der Waals surface area (Å²) in [6.45, 7) is 14.0. The van der Waals surface area contributed by atoms with Crippen LogP contribution in [0.15, 0.2) is 25.3 Å². The molecular weight excluding hydrogens is 156 g/mol. The lowest BCUT2D eigenvalue weighted by Crippen LogP contribution is -1.91. The van der Waals surface area contributed by atoms with E-state index in [-0.39, 0.29) is 0 Å². The van der Waals surface area contributed by atoms with Crippen LogP contribution in [-0.4, -0.2) is 0 Å². The molecule has 0 aliphatic rings. The number of benzene rings is 1. The van der Waals surface area contributed by atoms with Crippen molar-refractivity contribution in [3.05, 3.63) is 47.5 Å². The summed E-state index contributed by atoms with van der Waals surface area (Å²) < 4.78 is 0. The fraction of sp³-hybridized carbons (Fsp3) is 0.231. The van der Waals surface area contributed by atoms with Crippen molar-refractivity contribution in [2.24, 2.45) is 0 Å². The van der Waals surface area contributed by atoms with Gasteiger partial charge in [-0.1, -0.05) is 36.9 Å². The zero-order valence-electron chi connectivity index (χ0n) is 8.65. The number of hydrogen-bond donors (Lipinski definition) is 0. The summed E-state index contributed by atoms with van der Waals surface area (Å²) >= 11 is 0. The molecule has 0 fully saturated rings. The number of hydrogen-bond acceptors (Lipinski definition) is 0. The van der Waals surface area contributed by atoms with E-state index in [2.05, 4.69) is 39.1 Å². The van der Waals surface area contributed by atoms with E-state index in [0.29, 0.717) is 0 Å². The van der Waals surface area contributed by atoms with E-state index < -0.39 is 0 Å². The van der Waals surface area contributed by atoms with Crippen LogP contribution in [0.3, 0.4) is 0 Å². The molecule has 0 aliphatic carbocycles. The zero-order valence-corrected chi connectivity index (χ0v) is 8.65. The highest BCUT2D eigenvalue weighted by Gasteiger charge is 2.04. The molecule has 0 amide bonds. The van der Waals surface area contributed by atoms with Crippen LogP contribution in [0, 0.1) is 13.8 Å². The third-order valence-corrected chi connectivity index (χ3v) is 2.40. The summed E-state index contributed by atoms with van der Waals surface area (Å²) in [5.74, 6) is 0. The summed E-state index contributed by atoms with van der Waals surface area (Å²) in [5, 5.41) is 0. The topological polar surface area (TPSA) is 0 Å². The van der Waals surface area contributed by atoms with Gasteiger partial charge in [-0.2, -0.15) is 0 Å². The molecule has 0 N–H and O–H groups in total. The van der Waals surface area contributed by atoms with Gasteiger partial charge in [0, 0.05) is 0 Å². The van der Waals surface area contributed by atoms with E-state index in [1.54, 1.807) is 0 Å². The predicted molar refractivity (Wildman–Crippen MR) is 60.7 cm³/mol. The van der Waals surface area contributed by atoms with Crippen LogP contribution in [0.2, 0.25) is 0 Å². The molecule has 0 aromatic heterocycles. The lowest BCUT2D eigenvalue weighted by molar-refractivity contribution is 1.33. The molecule has 1 aromatic rings. The smallest absolute Gasteiger partial charge is 0.0198 e. The molecular formula is C13H16. The second kappa shape index (κ2) is 3.61. The second-order valence-corrected chi connectivity index (χ2v) is 3.45. The lowest BCUT2D eigenvalue weighted by atomic mass is 9.94. The van der Waals surface area contributed by atoms with Gasteiger partial charge in [0.1, 0.15) is 0 Å². The Morgan fingerprint density at radius 2 is 1.92 bits per heavy atom. The van der Waals surface area contributed by atoms with Crippen LogP contribution < -0.4 is 0 Å². The second-order valence-electron chi connectivity index (χ2n) is 3.45. The monoisotopic (exact) mass is 172 g/mol. The van der Waals surface area contributed by atoms with E-state index in [1.165, 1.54) is 22.3 Å². The molecule has 0 aliphatic heterocycles. The van der Waals surface area contributed by atoms with Crippen LogP contribution >= 0.6 is 0 Å². The Morgan fingerprint density at radius 3 is 2.38 bits per heavy atom. The van der Waals surface area contributed by atoms with Crippen LogP contribution in [0.25, 0.3) is 11.6 Å². The fourth-order valence-electron chi connectivity index (χ4n) is 1.64. The standard InChI is InChI=1S/C13H16/c1-6-12-10(4)7-8-13(9(2)3)11(12)5/h6-8H,1-2H2,3-5H3. The molecule has 0 spiro atoms. The minimum absolute atomic E-state index is 1.11. The average molecular weight is 172 g/mol. The Kier molecular flexibility index (Phi) is 2.72. The van der Waals surface area contributed by atoms with Crippen molar-refractivity contribution in [3.63, 3.8) is 0 Å². The molecule has 0 saturated heterocycles. The summed E-state index contributed by atoms with van der Waals surface area (Å²) in [7, 11) is 0. The minimum Gasteiger partial charge on any atom is -0.0984 e. The third kappa shape index (κ3) is 1.72. The molecule has 0 radical (unpaired) electrons. The van der Waals surface area contributed by atoms with Crippen molar-refractivity contribution in [2.75, 3.05) is 0 Å². The van der Waals surface area contributed by atoms with Gasteiger partial charge in [-0.05, 0) is 43.0 Å². The first-order chi connectivity index (χ1) is 6.07. The lowest BCUT2D eigenvalue weighted by Gasteiger charge is -2.10. The van der Waals surface area contributed by atoms with Gasteiger partial charge in [-0.15, -0.1) is 0 Å². The summed E-state index contributed by atoms with van der Waals surface area (Å²) in [6, 6.07) is 4.24. The Morgan fingerprint density at radius 1 is 1.31 bits per heavy atom. The van der Waals surface area contributed by atoms with Crippen LogP contribution in [0.4, 0.5) is 0 Å². The summed E-state index contributed by atoms with van der Waals surface area (Å²) in [5.41, 5.74) is 6.14. The van der Waals surface area contributed by atoms with E-state index in [4.69, 9.17) is 0 Å². The molecule has 1 rings (SSSR count). The third-order valence-electron chi connectivity index (χ3n) is 2.40. The van der Waals surface area contributed by atoms with Crippen molar-refractivity contribution >= 4 is 11.6 Å². The highest BCUT2D eigenvalue weighted by atomic mass is 14.1. The van der Waals surface area contributed by atoms with Crippen molar-refractivity contribution in [2.45, 2.75) is 20.8 Å². The van der Waals surface area contributed by atoms with Gasteiger partial charge in [0.15, 0.2) is 0 Å². The molecule has 68 valence electrons. The van der Waals surface area contributed by atoms with Crippen molar-refractivity contribution in [3.8, 4) is 0 Å². The molecule has 0 unspecified atom stereocenters. The Hall–Kier alpha value is -1.30. The summed E-state index contributed by atoms with van der Waals surface area (Å²) in [4.78, 5) is 0. The first kappa shape index (κ1) is 9.79. The molecule has 0 saturated carbocycles. The Bertz CT molecular complexity index is 357. The highest BCUT2D eigenvalue weighted by Crippen LogP contribution is 2.23. The molecule has 0 atom stereocenters. The van der Waals surface area contributed by atoms with Crippen molar-refractivity contribution in [1.29, 1.82) is 0 Å². The Labute approximate surface area is 80.6 Å². The number of allylic oxidation sites excluding steroid dienone is 1.